The monoisotopic (exact) mass is 494 g/mol. The fraction of sp³-hybridized carbons (Fsp3) is 0.481. The molecule has 0 saturated carbocycles. The minimum Gasteiger partial charge on any atom is -0.355 e. The number of nitrogens with zero attached hydrogens (tertiary/aromatic N) is 3. The van der Waals surface area contributed by atoms with E-state index in [1.807, 2.05) is 17.7 Å². The van der Waals surface area contributed by atoms with Gasteiger partial charge in [0.05, 0.1) is 15.9 Å². The Morgan fingerprint density at radius 2 is 1.89 bits per heavy atom. The summed E-state index contributed by atoms with van der Waals surface area (Å²) < 4.78 is 29.6. The van der Waals surface area contributed by atoms with E-state index in [0.29, 0.717) is 48.8 Å². The number of benzene rings is 2. The third-order valence-corrected chi connectivity index (χ3v) is 9.41. The Morgan fingerprint density at radius 1 is 1.09 bits per heavy atom. The van der Waals surface area contributed by atoms with Gasteiger partial charge < -0.3 is 9.88 Å². The van der Waals surface area contributed by atoms with Crippen molar-refractivity contribution in [3.05, 3.63) is 59.4 Å². The van der Waals surface area contributed by atoms with Crippen molar-refractivity contribution in [2.75, 3.05) is 19.6 Å². The van der Waals surface area contributed by atoms with Crippen molar-refractivity contribution >= 4 is 27.0 Å². The average molecular weight is 495 g/mol. The van der Waals surface area contributed by atoms with Crippen LogP contribution in [0.25, 0.3) is 11.0 Å². The third kappa shape index (κ3) is 5.00. The van der Waals surface area contributed by atoms with Gasteiger partial charge in [-0.25, -0.2) is 13.4 Å². The molecule has 8 heteroatoms. The molecule has 2 aliphatic rings. The zero-order valence-corrected chi connectivity index (χ0v) is 21.2. The lowest BCUT2D eigenvalue weighted by atomic mass is 9.83. The van der Waals surface area contributed by atoms with Crippen LogP contribution >= 0.6 is 0 Å². The van der Waals surface area contributed by atoms with Crippen molar-refractivity contribution in [2.45, 2.75) is 62.2 Å². The molecule has 1 saturated heterocycles. The fourth-order valence-corrected chi connectivity index (χ4v) is 7.02. The number of carbonyl (C=O) groups is 1. The predicted molar refractivity (Wildman–Crippen MR) is 137 cm³/mol. The number of rotatable bonds is 7. The highest BCUT2D eigenvalue weighted by atomic mass is 32.2. The molecule has 1 amide bonds. The normalized spacial score (nSPS) is 18.9. The molecule has 35 heavy (non-hydrogen) atoms. The molecule has 2 aromatic carbocycles. The van der Waals surface area contributed by atoms with Crippen LogP contribution in [0.1, 0.15) is 61.4 Å². The average Bonchev–Trinajstić information content (AvgIpc) is 3.21. The van der Waals surface area contributed by atoms with Gasteiger partial charge in [0.2, 0.25) is 15.9 Å². The number of sulfonamides is 1. The third-order valence-electron chi connectivity index (χ3n) is 7.51. The molecule has 1 aliphatic heterocycles. The highest BCUT2D eigenvalue weighted by Crippen LogP contribution is 2.31. The Labute approximate surface area is 207 Å². The number of aromatic nitrogens is 2. The van der Waals surface area contributed by atoms with Gasteiger partial charge in [-0.15, -0.1) is 0 Å². The van der Waals surface area contributed by atoms with E-state index < -0.39 is 10.0 Å². The maximum absolute atomic E-state index is 13.1. The number of aryl methyl sites for hydroxylation is 3. The van der Waals surface area contributed by atoms with E-state index in [0.717, 1.165) is 49.9 Å². The number of nitrogens with one attached hydrogen (secondary N) is 1. The summed E-state index contributed by atoms with van der Waals surface area (Å²) in [7, 11) is -1.59. The first-order valence-corrected chi connectivity index (χ1v) is 14.2. The second-order valence-electron chi connectivity index (χ2n) is 9.79. The van der Waals surface area contributed by atoms with Crippen LogP contribution in [0.3, 0.4) is 0 Å². The molecule has 0 spiro atoms. The Hall–Kier alpha value is -2.71. The van der Waals surface area contributed by atoms with Gasteiger partial charge in [0, 0.05) is 45.4 Å². The smallest absolute Gasteiger partial charge is 0.243 e. The number of imidazole rings is 1. The number of hydrogen-bond donors (Lipinski definition) is 1. The largest absolute Gasteiger partial charge is 0.355 e. The summed E-state index contributed by atoms with van der Waals surface area (Å²) in [6, 6.07) is 13.7. The Bertz CT molecular complexity index is 1330. The van der Waals surface area contributed by atoms with E-state index in [1.165, 1.54) is 11.1 Å². The fourth-order valence-electron chi connectivity index (χ4n) is 5.49. The molecule has 1 atom stereocenters. The number of amides is 1. The number of fused-ring (bicyclic) bond motifs is 2. The summed E-state index contributed by atoms with van der Waals surface area (Å²) >= 11 is 0. The van der Waals surface area contributed by atoms with Gasteiger partial charge in [-0.05, 0) is 61.4 Å². The summed E-state index contributed by atoms with van der Waals surface area (Å²) in [6.45, 7) is 1.82. The highest BCUT2D eigenvalue weighted by molar-refractivity contribution is 7.89. The Morgan fingerprint density at radius 3 is 2.71 bits per heavy atom. The van der Waals surface area contributed by atoms with Crippen LogP contribution in [-0.2, 0) is 34.7 Å². The van der Waals surface area contributed by atoms with Crippen LogP contribution in [0.15, 0.2) is 47.4 Å². The van der Waals surface area contributed by atoms with Crippen molar-refractivity contribution in [2.24, 2.45) is 7.05 Å². The zero-order valence-electron chi connectivity index (χ0n) is 20.4. The van der Waals surface area contributed by atoms with Crippen LogP contribution in [0.5, 0.6) is 0 Å². The minimum absolute atomic E-state index is 0.0217. The van der Waals surface area contributed by atoms with E-state index in [9.17, 15) is 13.2 Å². The molecular weight excluding hydrogens is 460 g/mol. The second kappa shape index (κ2) is 10.1. The minimum atomic E-state index is -3.50. The number of piperidine rings is 1. The standard InChI is InChI=1S/C27H34N4O3S/c1-30-25-13-12-22(35(33,34)31-16-5-2-6-17-31)18-24(25)29-26(30)14-15-27(32)28-19-21-10-7-9-20-8-3-4-11-23(20)21/h3-4,8,11-13,18,21H,2,5-7,9-10,14-17,19H2,1H3,(H,28,32). The summed E-state index contributed by atoms with van der Waals surface area (Å²) in [4.78, 5) is 17.6. The lowest BCUT2D eigenvalue weighted by molar-refractivity contribution is -0.121. The molecule has 0 bridgehead atoms. The number of carbonyl (C=O) groups excluding carboxylic acids is 1. The SMILES string of the molecule is Cn1c(CCC(=O)NCC2CCCc3ccccc32)nc2cc(S(=O)(=O)N3CCCCC3)ccc21. The van der Waals surface area contributed by atoms with Gasteiger partial charge in [0.25, 0.3) is 0 Å². The van der Waals surface area contributed by atoms with Crippen LogP contribution in [0.4, 0.5) is 0 Å². The zero-order chi connectivity index (χ0) is 24.4. The molecule has 2 heterocycles. The van der Waals surface area contributed by atoms with Crippen molar-refractivity contribution in [3.63, 3.8) is 0 Å². The van der Waals surface area contributed by atoms with Crippen LogP contribution in [0, 0.1) is 0 Å². The molecule has 186 valence electrons. The van der Waals surface area contributed by atoms with Gasteiger partial charge in [0.1, 0.15) is 5.82 Å². The molecule has 0 radical (unpaired) electrons. The summed E-state index contributed by atoms with van der Waals surface area (Å²) in [5.41, 5.74) is 4.29. The van der Waals surface area contributed by atoms with E-state index in [2.05, 4.69) is 34.6 Å². The van der Waals surface area contributed by atoms with Gasteiger partial charge >= 0.3 is 0 Å². The van der Waals surface area contributed by atoms with Gasteiger partial charge in [-0.2, -0.15) is 4.31 Å². The highest BCUT2D eigenvalue weighted by Gasteiger charge is 2.27. The molecule has 1 aromatic heterocycles. The molecule has 1 N–H and O–H groups in total. The molecule has 1 fully saturated rings. The molecule has 1 aliphatic carbocycles. The van der Waals surface area contributed by atoms with Crippen LogP contribution in [-0.4, -0.2) is 47.8 Å². The van der Waals surface area contributed by atoms with Crippen molar-refractivity contribution in [1.29, 1.82) is 0 Å². The Balaban J connectivity index is 1.23. The summed E-state index contributed by atoms with van der Waals surface area (Å²) in [5.74, 6) is 1.18. The van der Waals surface area contributed by atoms with Gasteiger partial charge in [0.15, 0.2) is 0 Å². The maximum Gasteiger partial charge on any atom is 0.243 e. The topological polar surface area (TPSA) is 84.3 Å². The first-order chi connectivity index (χ1) is 16.9. The number of hydrogen-bond acceptors (Lipinski definition) is 4. The maximum atomic E-state index is 13.1. The van der Waals surface area contributed by atoms with Gasteiger partial charge in [-0.1, -0.05) is 30.7 Å². The first kappa shape index (κ1) is 24.0. The van der Waals surface area contributed by atoms with Crippen LogP contribution < -0.4 is 5.32 Å². The Kier molecular flexibility index (Phi) is 6.93. The quantitative estimate of drug-likeness (QED) is 0.540. The molecule has 1 unspecified atom stereocenters. The van der Waals surface area contributed by atoms with E-state index in [4.69, 9.17) is 0 Å². The molecular formula is C27H34N4O3S. The molecule has 3 aromatic rings. The van der Waals surface area contributed by atoms with Crippen LogP contribution in [0.2, 0.25) is 0 Å². The van der Waals surface area contributed by atoms with Crippen molar-refractivity contribution < 1.29 is 13.2 Å². The first-order valence-electron chi connectivity index (χ1n) is 12.7. The predicted octanol–water partition coefficient (Wildman–Crippen LogP) is 3.92. The van der Waals surface area contributed by atoms with Crippen molar-refractivity contribution in [3.8, 4) is 0 Å². The molecule has 5 rings (SSSR count). The summed E-state index contributed by atoms with van der Waals surface area (Å²) in [6.07, 6.45) is 7.13. The second-order valence-corrected chi connectivity index (χ2v) is 11.7. The van der Waals surface area contributed by atoms with E-state index in [-0.39, 0.29) is 5.91 Å². The lowest BCUT2D eigenvalue weighted by Crippen LogP contribution is -2.35. The van der Waals surface area contributed by atoms with Crippen molar-refractivity contribution in [1.82, 2.24) is 19.2 Å². The lowest BCUT2D eigenvalue weighted by Gasteiger charge is -2.25. The summed E-state index contributed by atoms with van der Waals surface area (Å²) in [5, 5.41) is 3.12. The van der Waals surface area contributed by atoms with Gasteiger partial charge in [-0.3, -0.25) is 4.79 Å². The van der Waals surface area contributed by atoms with E-state index >= 15 is 0 Å². The van der Waals surface area contributed by atoms with E-state index in [1.54, 1.807) is 16.4 Å². The molecule has 7 nitrogen and oxygen atoms in total.